The Morgan fingerprint density at radius 2 is 1.71 bits per heavy atom. The highest BCUT2D eigenvalue weighted by Crippen LogP contribution is 2.24. The van der Waals surface area contributed by atoms with Crippen LogP contribution in [0.4, 0.5) is 0 Å². The number of carbonyl (C=O) groups is 1. The maximum atomic E-state index is 13.0. The molecule has 0 bridgehead atoms. The molecule has 1 saturated heterocycles. The highest BCUT2D eigenvalue weighted by Gasteiger charge is 2.23. The number of aromatic amines is 1. The number of hydrogen-bond donors (Lipinski definition) is 2. The van der Waals surface area contributed by atoms with Crippen LogP contribution < -0.4 is 14.8 Å². The third-order valence-corrected chi connectivity index (χ3v) is 6.20. The fourth-order valence-electron chi connectivity index (χ4n) is 4.01. The average molecular weight is 484 g/mol. The molecular weight excluding hydrogens is 454 g/mol. The quantitative estimate of drug-likeness (QED) is 0.452. The number of H-pyrrole nitrogens is 1. The molecule has 1 aromatic heterocycles. The van der Waals surface area contributed by atoms with Crippen molar-refractivity contribution in [3.63, 3.8) is 0 Å². The van der Waals surface area contributed by atoms with Crippen molar-refractivity contribution in [1.29, 1.82) is 0 Å². The van der Waals surface area contributed by atoms with Gasteiger partial charge in [0.25, 0.3) is 0 Å². The van der Waals surface area contributed by atoms with Crippen LogP contribution in [0.25, 0.3) is 11.4 Å². The van der Waals surface area contributed by atoms with Crippen LogP contribution >= 0.6 is 12.2 Å². The molecule has 0 aliphatic carbocycles. The van der Waals surface area contributed by atoms with Crippen LogP contribution in [0.3, 0.4) is 0 Å². The fourth-order valence-corrected chi connectivity index (χ4v) is 4.20. The molecule has 180 valence electrons. The van der Waals surface area contributed by atoms with E-state index in [4.69, 9.17) is 26.4 Å². The summed E-state index contributed by atoms with van der Waals surface area (Å²) in [6.45, 7) is 3.50. The number of ether oxygens (including phenoxy) is 3. The van der Waals surface area contributed by atoms with Gasteiger partial charge >= 0.3 is 0 Å². The summed E-state index contributed by atoms with van der Waals surface area (Å²) in [6.07, 6.45) is 0. The van der Waals surface area contributed by atoms with Gasteiger partial charge in [0.05, 0.1) is 33.5 Å². The Balaban J connectivity index is 1.47. The van der Waals surface area contributed by atoms with E-state index in [1.165, 1.54) is 0 Å². The molecule has 34 heavy (non-hydrogen) atoms. The van der Waals surface area contributed by atoms with Crippen molar-refractivity contribution in [2.45, 2.75) is 12.6 Å². The first-order valence-electron chi connectivity index (χ1n) is 11.1. The number of amides is 1. The Kier molecular flexibility index (Phi) is 7.94. The van der Waals surface area contributed by atoms with Crippen molar-refractivity contribution in [3.05, 3.63) is 58.9 Å². The van der Waals surface area contributed by atoms with Crippen molar-refractivity contribution >= 4 is 18.1 Å². The third kappa shape index (κ3) is 5.64. The van der Waals surface area contributed by atoms with Crippen LogP contribution in [-0.4, -0.2) is 72.6 Å². The summed E-state index contributed by atoms with van der Waals surface area (Å²) < 4.78 is 18.1. The first-order chi connectivity index (χ1) is 16.6. The van der Waals surface area contributed by atoms with Crippen molar-refractivity contribution in [3.8, 4) is 22.9 Å². The Hall–Kier alpha value is -3.21. The van der Waals surface area contributed by atoms with E-state index >= 15 is 0 Å². The molecule has 1 amide bonds. The van der Waals surface area contributed by atoms with E-state index < -0.39 is 0 Å². The minimum Gasteiger partial charge on any atom is -0.497 e. The third-order valence-electron chi connectivity index (χ3n) is 5.89. The molecule has 2 N–H and O–H groups in total. The van der Waals surface area contributed by atoms with Crippen LogP contribution in [0.2, 0.25) is 0 Å². The maximum Gasteiger partial charge on any atom is 0.240 e. The molecular formula is C24H29N5O4S. The standard InChI is InChI=1S/C24H29N5O4S/c1-31-19-7-3-17(4-8-19)21(28-11-13-33-14-12-28)15-25-22(30)16-29-23(26-27-24(29)34)18-5-9-20(32-2)10-6-18/h3-10,21H,11-16H2,1-2H3,(H,25,30)(H,27,34)/t21-/m0/s1. The lowest BCUT2D eigenvalue weighted by Crippen LogP contribution is -2.44. The van der Waals surface area contributed by atoms with Gasteiger partial charge in [0.1, 0.15) is 18.0 Å². The second kappa shape index (κ2) is 11.3. The highest BCUT2D eigenvalue weighted by atomic mass is 32.1. The van der Waals surface area contributed by atoms with E-state index in [-0.39, 0.29) is 18.5 Å². The molecule has 1 atom stereocenters. The molecule has 9 nitrogen and oxygen atoms in total. The first kappa shape index (κ1) is 23.9. The van der Waals surface area contributed by atoms with Crippen molar-refractivity contribution in [2.24, 2.45) is 0 Å². The van der Waals surface area contributed by atoms with Crippen LogP contribution in [0, 0.1) is 4.77 Å². The van der Waals surface area contributed by atoms with Gasteiger partial charge in [-0.15, -0.1) is 0 Å². The van der Waals surface area contributed by atoms with Crippen molar-refractivity contribution < 1.29 is 19.0 Å². The molecule has 0 spiro atoms. The molecule has 3 aromatic rings. The predicted molar refractivity (Wildman–Crippen MR) is 131 cm³/mol. The summed E-state index contributed by atoms with van der Waals surface area (Å²) in [5.41, 5.74) is 1.95. The smallest absolute Gasteiger partial charge is 0.240 e. The summed E-state index contributed by atoms with van der Waals surface area (Å²) >= 11 is 5.38. The minimum atomic E-state index is -0.140. The number of carbonyl (C=O) groups excluding carboxylic acids is 1. The molecule has 1 aliphatic heterocycles. The van der Waals surface area contributed by atoms with Crippen molar-refractivity contribution in [2.75, 3.05) is 47.1 Å². The number of rotatable bonds is 9. The number of aromatic nitrogens is 3. The zero-order valence-corrected chi connectivity index (χ0v) is 20.1. The maximum absolute atomic E-state index is 13.0. The molecule has 1 aliphatic rings. The average Bonchev–Trinajstić information content (AvgIpc) is 3.25. The Labute approximate surface area is 203 Å². The van der Waals surface area contributed by atoms with E-state index in [1.807, 2.05) is 48.5 Å². The zero-order valence-electron chi connectivity index (χ0n) is 19.3. The lowest BCUT2D eigenvalue weighted by atomic mass is 10.0. The second-order valence-electron chi connectivity index (χ2n) is 7.91. The van der Waals surface area contributed by atoms with E-state index in [0.29, 0.717) is 30.4 Å². The fraction of sp³-hybridized carbons (Fsp3) is 0.375. The summed E-state index contributed by atoms with van der Waals surface area (Å²) in [4.78, 5) is 15.3. The molecule has 0 unspecified atom stereocenters. The van der Waals surface area contributed by atoms with Crippen LogP contribution in [0.5, 0.6) is 11.5 Å². The van der Waals surface area contributed by atoms with Gasteiger partial charge in [-0.05, 0) is 54.2 Å². The summed E-state index contributed by atoms with van der Waals surface area (Å²) in [7, 11) is 3.27. The van der Waals surface area contributed by atoms with Crippen LogP contribution in [0.1, 0.15) is 11.6 Å². The van der Waals surface area contributed by atoms with E-state index in [2.05, 4.69) is 20.4 Å². The van der Waals surface area contributed by atoms with Gasteiger partial charge in [0.2, 0.25) is 5.91 Å². The van der Waals surface area contributed by atoms with Gasteiger partial charge in [-0.1, -0.05) is 12.1 Å². The van der Waals surface area contributed by atoms with Crippen molar-refractivity contribution in [1.82, 2.24) is 25.0 Å². The van der Waals surface area contributed by atoms with Gasteiger partial charge in [-0.25, -0.2) is 0 Å². The SMILES string of the molecule is COc1ccc(-c2n[nH]c(=S)n2CC(=O)NC[C@@H](c2ccc(OC)cc2)N2CCOCC2)cc1. The summed E-state index contributed by atoms with van der Waals surface area (Å²) in [5, 5.41) is 10.2. The molecule has 10 heteroatoms. The predicted octanol–water partition coefficient (Wildman–Crippen LogP) is 2.81. The molecule has 1 fully saturated rings. The van der Waals surface area contributed by atoms with Gasteiger partial charge in [-0.3, -0.25) is 19.4 Å². The monoisotopic (exact) mass is 483 g/mol. The second-order valence-corrected chi connectivity index (χ2v) is 8.30. The van der Waals surface area contributed by atoms with E-state index in [9.17, 15) is 4.79 Å². The zero-order chi connectivity index (χ0) is 23.9. The molecule has 2 aromatic carbocycles. The molecule has 4 rings (SSSR count). The van der Waals surface area contributed by atoms with Crippen LogP contribution in [0.15, 0.2) is 48.5 Å². The number of benzene rings is 2. The molecule has 0 radical (unpaired) electrons. The number of morpholine rings is 1. The van der Waals surface area contributed by atoms with Gasteiger partial charge < -0.3 is 19.5 Å². The number of hydrogen-bond acceptors (Lipinski definition) is 7. The first-order valence-corrected chi connectivity index (χ1v) is 11.5. The number of nitrogens with zero attached hydrogens (tertiary/aromatic N) is 3. The molecule has 0 saturated carbocycles. The summed E-state index contributed by atoms with van der Waals surface area (Å²) in [5.74, 6) is 2.01. The number of methoxy groups -OCH3 is 2. The summed E-state index contributed by atoms with van der Waals surface area (Å²) in [6, 6.07) is 15.5. The Bertz CT molecular complexity index is 1140. The van der Waals surface area contributed by atoms with Crippen LogP contribution in [-0.2, 0) is 16.1 Å². The minimum absolute atomic E-state index is 0.0251. The Morgan fingerprint density at radius 3 is 2.32 bits per heavy atom. The van der Waals surface area contributed by atoms with Gasteiger partial charge in [0.15, 0.2) is 10.6 Å². The normalized spacial score (nSPS) is 15.0. The van der Waals surface area contributed by atoms with Gasteiger partial charge in [-0.2, -0.15) is 5.10 Å². The topological polar surface area (TPSA) is 93.6 Å². The van der Waals surface area contributed by atoms with E-state index in [0.717, 1.165) is 35.7 Å². The lowest BCUT2D eigenvalue weighted by molar-refractivity contribution is -0.122. The largest absolute Gasteiger partial charge is 0.497 e. The van der Waals surface area contributed by atoms with E-state index in [1.54, 1.807) is 18.8 Å². The highest BCUT2D eigenvalue weighted by molar-refractivity contribution is 7.71. The molecule has 2 heterocycles. The van der Waals surface area contributed by atoms with Gasteiger partial charge in [0, 0.05) is 25.2 Å². The Morgan fingerprint density at radius 1 is 1.09 bits per heavy atom. The number of nitrogens with one attached hydrogen (secondary N) is 2. The lowest BCUT2D eigenvalue weighted by Gasteiger charge is -2.35.